The average molecular weight is 480 g/mol. The van der Waals surface area contributed by atoms with Gasteiger partial charge in [-0.05, 0) is 91.1 Å². The fraction of sp³-hybridized carbons (Fsp3) is 0.156. The second kappa shape index (κ2) is 11.4. The Morgan fingerprint density at radius 3 is 2.14 bits per heavy atom. The van der Waals surface area contributed by atoms with Crippen LogP contribution in [0, 0.1) is 40.6 Å². The van der Waals surface area contributed by atoms with Crippen LogP contribution in [0.3, 0.4) is 0 Å². The summed E-state index contributed by atoms with van der Waals surface area (Å²) in [5.74, 6) is 4.15. The van der Waals surface area contributed by atoms with Crippen molar-refractivity contribution in [2.75, 3.05) is 0 Å². The highest BCUT2D eigenvalue weighted by molar-refractivity contribution is 5.85. The number of halogens is 3. The molecular formula is C32H24F3N. The molecule has 4 heteroatoms. The van der Waals surface area contributed by atoms with Crippen molar-refractivity contribution in [2.24, 2.45) is 0 Å². The number of benzene rings is 4. The Morgan fingerprint density at radius 2 is 1.44 bits per heavy atom. The van der Waals surface area contributed by atoms with Gasteiger partial charge in [0.05, 0.1) is 0 Å². The Labute approximate surface area is 209 Å². The van der Waals surface area contributed by atoms with Gasteiger partial charge in [-0.2, -0.15) is 5.26 Å². The maximum Gasteiger partial charge on any atom is 0.144 e. The second-order valence-electron chi connectivity index (χ2n) is 8.58. The highest BCUT2D eigenvalue weighted by atomic mass is 19.1. The number of aryl methyl sites for hydroxylation is 3. The van der Waals surface area contributed by atoms with Gasteiger partial charge in [-0.1, -0.05) is 54.3 Å². The van der Waals surface area contributed by atoms with Crippen molar-refractivity contribution in [3.8, 4) is 17.9 Å². The molecule has 178 valence electrons. The Balaban J connectivity index is 1.48. The van der Waals surface area contributed by atoms with Crippen LogP contribution in [0.2, 0.25) is 0 Å². The Bertz CT molecular complexity index is 1510. The largest absolute Gasteiger partial charge is 0.206 e. The lowest BCUT2D eigenvalue weighted by atomic mass is 9.98. The molecule has 0 heterocycles. The molecule has 0 bridgehead atoms. The molecule has 0 aliphatic carbocycles. The summed E-state index contributed by atoms with van der Waals surface area (Å²) in [6, 6.07) is 20.8. The van der Waals surface area contributed by atoms with Crippen LogP contribution in [-0.4, -0.2) is 0 Å². The van der Waals surface area contributed by atoms with E-state index in [4.69, 9.17) is 5.26 Å². The lowest BCUT2D eigenvalue weighted by Crippen LogP contribution is -1.99. The van der Waals surface area contributed by atoms with Crippen molar-refractivity contribution in [1.82, 2.24) is 0 Å². The smallest absolute Gasteiger partial charge is 0.144 e. The highest BCUT2D eigenvalue weighted by Crippen LogP contribution is 2.24. The normalized spacial score (nSPS) is 10.9. The van der Waals surface area contributed by atoms with Gasteiger partial charge in [0.15, 0.2) is 0 Å². The summed E-state index contributed by atoms with van der Waals surface area (Å²) in [5.41, 5.74) is 3.20. The van der Waals surface area contributed by atoms with Crippen molar-refractivity contribution in [3.63, 3.8) is 0 Å². The molecule has 0 radical (unpaired) electrons. The highest BCUT2D eigenvalue weighted by Gasteiger charge is 2.12. The van der Waals surface area contributed by atoms with Gasteiger partial charge in [0, 0.05) is 16.5 Å². The van der Waals surface area contributed by atoms with Gasteiger partial charge in [-0.25, -0.2) is 13.2 Å². The van der Waals surface area contributed by atoms with E-state index >= 15 is 4.39 Å². The molecule has 36 heavy (non-hydrogen) atoms. The Hall–Kier alpha value is -4.28. The van der Waals surface area contributed by atoms with E-state index in [1.54, 1.807) is 18.2 Å². The summed E-state index contributed by atoms with van der Waals surface area (Å²) in [6.45, 7) is 2.02. The standard InChI is InChI=1S/C32H24F3N/c1-2-3-4-5-22-6-8-23(9-7-22)10-11-24-13-17-28-27(18-24)16-15-26(32(28)35)14-12-25-19-30(33)29(21-36)31(34)20-25/h2-3,6-9,13,15-20H,4-5,12,14H2,1H3/b3-2+. The van der Waals surface area contributed by atoms with E-state index in [9.17, 15) is 8.78 Å². The topological polar surface area (TPSA) is 23.8 Å². The Morgan fingerprint density at radius 1 is 0.750 bits per heavy atom. The molecule has 0 N–H and O–H groups in total. The van der Waals surface area contributed by atoms with Crippen LogP contribution in [0.15, 0.2) is 78.9 Å². The van der Waals surface area contributed by atoms with Gasteiger partial charge < -0.3 is 0 Å². The van der Waals surface area contributed by atoms with Crippen LogP contribution >= 0.6 is 0 Å². The minimum absolute atomic E-state index is 0.250. The number of rotatable bonds is 6. The van der Waals surface area contributed by atoms with Crippen LogP contribution < -0.4 is 0 Å². The third-order valence-electron chi connectivity index (χ3n) is 6.07. The molecule has 4 aromatic rings. The fourth-order valence-electron chi connectivity index (χ4n) is 4.08. The summed E-state index contributed by atoms with van der Waals surface area (Å²) in [5, 5.41) is 10.0. The molecule has 0 aliphatic rings. The van der Waals surface area contributed by atoms with Gasteiger partial charge in [-0.15, -0.1) is 0 Å². The minimum Gasteiger partial charge on any atom is -0.206 e. The predicted molar refractivity (Wildman–Crippen MR) is 138 cm³/mol. The van der Waals surface area contributed by atoms with Crippen LogP contribution in [0.25, 0.3) is 10.8 Å². The van der Waals surface area contributed by atoms with Gasteiger partial charge in [-0.3, -0.25) is 0 Å². The van der Waals surface area contributed by atoms with Crippen LogP contribution in [0.1, 0.15) is 46.7 Å². The van der Waals surface area contributed by atoms with Crippen LogP contribution in [0.4, 0.5) is 13.2 Å². The van der Waals surface area contributed by atoms with Gasteiger partial charge in [0.1, 0.15) is 29.1 Å². The van der Waals surface area contributed by atoms with Gasteiger partial charge >= 0.3 is 0 Å². The molecule has 0 aromatic heterocycles. The zero-order valence-corrected chi connectivity index (χ0v) is 19.9. The quantitative estimate of drug-likeness (QED) is 0.204. The molecule has 0 amide bonds. The van der Waals surface area contributed by atoms with Crippen LogP contribution in [-0.2, 0) is 19.3 Å². The zero-order chi connectivity index (χ0) is 25.5. The molecule has 1 nitrogen and oxygen atoms in total. The molecule has 0 spiro atoms. The van der Waals surface area contributed by atoms with Gasteiger partial charge in [0.25, 0.3) is 0 Å². The Kier molecular flexibility index (Phi) is 7.89. The maximum atomic E-state index is 15.1. The van der Waals surface area contributed by atoms with Crippen molar-refractivity contribution in [2.45, 2.75) is 32.6 Å². The number of nitrogens with zero attached hydrogens (tertiary/aromatic N) is 1. The molecular weight excluding hydrogens is 455 g/mol. The molecule has 0 aliphatic heterocycles. The van der Waals surface area contributed by atoms with E-state index < -0.39 is 17.2 Å². The lowest BCUT2D eigenvalue weighted by Gasteiger charge is -2.08. The first-order valence-electron chi connectivity index (χ1n) is 11.8. The van der Waals surface area contributed by atoms with Gasteiger partial charge in [0.2, 0.25) is 0 Å². The summed E-state index contributed by atoms with van der Waals surface area (Å²) in [6.07, 6.45) is 6.74. The van der Waals surface area contributed by atoms with Crippen molar-refractivity contribution >= 4 is 10.8 Å². The number of hydrogen-bond acceptors (Lipinski definition) is 1. The van der Waals surface area contributed by atoms with E-state index in [1.165, 1.54) is 11.6 Å². The molecule has 0 unspecified atom stereocenters. The molecule has 4 aromatic carbocycles. The third-order valence-corrected chi connectivity index (χ3v) is 6.07. The van der Waals surface area contributed by atoms with E-state index in [-0.39, 0.29) is 18.7 Å². The zero-order valence-electron chi connectivity index (χ0n) is 19.9. The molecule has 0 atom stereocenters. The second-order valence-corrected chi connectivity index (χ2v) is 8.58. The fourth-order valence-corrected chi connectivity index (χ4v) is 4.08. The molecule has 0 fully saturated rings. The van der Waals surface area contributed by atoms with Crippen molar-refractivity contribution < 1.29 is 13.2 Å². The maximum absolute atomic E-state index is 15.1. The monoisotopic (exact) mass is 479 g/mol. The number of fused-ring (bicyclic) bond motifs is 1. The lowest BCUT2D eigenvalue weighted by molar-refractivity contribution is 0.572. The summed E-state index contributed by atoms with van der Waals surface area (Å²) in [7, 11) is 0. The number of nitriles is 1. The first-order chi connectivity index (χ1) is 17.5. The first kappa shape index (κ1) is 24.8. The number of hydrogen-bond donors (Lipinski definition) is 0. The summed E-state index contributed by atoms with van der Waals surface area (Å²) < 4.78 is 42.9. The van der Waals surface area contributed by atoms with Crippen molar-refractivity contribution in [3.05, 3.63) is 130 Å². The average Bonchev–Trinajstić information content (AvgIpc) is 2.88. The predicted octanol–water partition coefficient (Wildman–Crippen LogP) is 7.82. The van der Waals surface area contributed by atoms with E-state index in [2.05, 4.69) is 36.1 Å². The number of allylic oxidation sites excluding steroid dienone is 2. The van der Waals surface area contributed by atoms with E-state index in [1.807, 2.05) is 31.2 Å². The molecule has 0 saturated carbocycles. The van der Waals surface area contributed by atoms with E-state index in [0.29, 0.717) is 16.5 Å². The SMILES string of the molecule is C/C=C/CCc1ccc(C#Cc2ccc3c(F)c(CCc4cc(F)c(C#N)c(F)c4)ccc3c2)cc1. The summed E-state index contributed by atoms with van der Waals surface area (Å²) >= 11 is 0. The molecule has 4 rings (SSSR count). The van der Waals surface area contributed by atoms with Crippen LogP contribution in [0.5, 0.6) is 0 Å². The van der Waals surface area contributed by atoms with E-state index in [0.717, 1.165) is 41.5 Å². The first-order valence-corrected chi connectivity index (χ1v) is 11.8. The summed E-state index contributed by atoms with van der Waals surface area (Å²) in [4.78, 5) is 0. The third kappa shape index (κ3) is 5.85. The van der Waals surface area contributed by atoms with Crippen molar-refractivity contribution in [1.29, 1.82) is 5.26 Å². The minimum atomic E-state index is -0.902. The molecule has 0 saturated heterocycles.